The van der Waals surface area contributed by atoms with Gasteiger partial charge in [0.2, 0.25) is 11.5 Å². The third-order valence-electron chi connectivity index (χ3n) is 4.73. The van der Waals surface area contributed by atoms with Crippen molar-refractivity contribution in [2.24, 2.45) is 0 Å². The molecule has 31 heavy (non-hydrogen) atoms. The highest BCUT2D eigenvalue weighted by Crippen LogP contribution is 2.36. The first kappa shape index (κ1) is 19.4. The van der Waals surface area contributed by atoms with Crippen molar-refractivity contribution in [2.45, 2.75) is 0 Å². The number of ether oxygens (including phenoxy) is 2. The Kier molecular flexibility index (Phi) is 4.77. The highest BCUT2D eigenvalue weighted by Gasteiger charge is 2.28. The molecule has 0 radical (unpaired) electrons. The van der Waals surface area contributed by atoms with E-state index in [1.165, 1.54) is 12.1 Å². The summed E-state index contributed by atoms with van der Waals surface area (Å²) in [4.78, 5) is 25.1. The minimum absolute atomic E-state index is 0.0802. The van der Waals surface area contributed by atoms with Crippen molar-refractivity contribution in [2.75, 3.05) is 0 Å². The van der Waals surface area contributed by atoms with Gasteiger partial charge in [0.1, 0.15) is 17.1 Å². The molecule has 0 unspecified atom stereocenters. The van der Waals surface area contributed by atoms with Gasteiger partial charge in [-0.2, -0.15) is 0 Å². The van der Waals surface area contributed by atoms with E-state index in [0.29, 0.717) is 26.8 Å². The summed E-state index contributed by atoms with van der Waals surface area (Å²) < 4.78 is 16.6. The summed E-state index contributed by atoms with van der Waals surface area (Å²) in [6.45, 7) is 0. The molecule has 5 rings (SSSR count). The lowest BCUT2D eigenvalue weighted by atomic mass is 10.1. The van der Waals surface area contributed by atoms with Crippen LogP contribution in [0, 0.1) is 0 Å². The number of hydrogen-bond donors (Lipinski definition) is 0. The Morgan fingerprint density at radius 2 is 1.81 bits per heavy atom. The van der Waals surface area contributed by atoms with Crippen LogP contribution in [0.5, 0.6) is 11.5 Å². The fourth-order valence-corrected chi connectivity index (χ4v) is 3.69. The maximum absolute atomic E-state index is 12.6. The van der Waals surface area contributed by atoms with Gasteiger partial charge < -0.3 is 13.9 Å². The largest absolute Gasteiger partial charge is 0.452 e. The molecule has 0 amide bonds. The van der Waals surface area contributed by atoms with Gasteiger partial charge >= 0.3 is 5.97 Å². The summed E-state index contributed by atoms with van der Waals surface area (Å²) >= 11 is 12.1. The van der Waals surface area contributed by atoms with Crippen molar-refractivity contribution in [3.05, 3.63) is 99.4 Å². The van der Waals surface area contributed by atoms with E-state index < -0.39 is 5.97 Å². The van der Waals surface area contributed by atoms with Crippen molar-refractivity contribution < 1.29 is 23.5 Å². The molecule has 7 heteroatoms. The Balaban J connectivity index is 1.38. The van der Waals surface area contributed by atoms with Crippen LogP contribution in [0.4, 0.5) is 0 Å². The predicted octanol–water partition coefficient (Wildman–Crippen LogP) is 6.58. The number of hydrogen-bond acceptors (Lipinski definition) is 5. The number of rotatable bonds is 3. The minimum atomic E-state index is -0.649. The number of benzene rings is 3. The summed E-state index contributed by atoms with van der Waals surface area (Å²) in [6, 6.07) is 18.4. The molecule has 0 saturated carbocycles. The average molecular weight is 451 g/mol. The molecule has 0 saturated heterocycles. The van der Waals surface area contributed by atoms with Crippen LogP contribution in [0.3, 0.4) is 0 Å². The van der Waals surface area contributed by atoms with E-state index in [0.717, 1.165) is 5.39 Å². The lowest BCUT2D eigenvalue weighted by Gasteiger charge is -2.04. The van der Waals surface area contributed by atoms with Gasteiger partial charge in [-0.05, 0) is 48.0 Å². The Hall–Kier alpha value is -3.54. The van der Waals surface area contributed by atoms with Gasteiger partial charge in [-0.25, -0.2) is 4.79 Å². The van der Waals surface area contributed by atoms with E-state index in [1.807, 2.05) is 18.2 Å². The van der Waals surface area contributed by atoms with Crippen molar-refractivity contribution in [3.8, 4) is 11.5 Å². The van der Waals surface area contributed by atoms with Crippen LogP contribution in [-0.4, -0.2) is 11.8 Å². The number of para-hydroxylation sites is 1. The van der Waals surface area contributed by atoms with Gasteiger partial charge in [-0.1, -0.05) is 47.5 Å². The molecule has 0 aliphatic carbocycles. The summed E-state index contributed by atoms with van der Waals surface area (Å²) in [6.07, 6.45) is 1.54. The summed E-state index contributed by atoms with van der Waals surface area (Å²) in [5.74, 6) is -0.240. The molecule has 3 aromatic carbocycles. The van der Waals surface area contributed by atoms with Gasteiger partial charge in [0.05, 0.1) is 5.56 Å². The van der Waals surface area contributed by atoms with E-state index in [1.54, 1.807) is 42.5 Å². The summed E-state index contributed by atoms with van der Waals surface area (Å²) in [5.41, 5.74) is 1.55. The monoisotopic (exact) mass is 450 g/mol. The first-order valence-corrected chi connectivity index (χ1v) is 9.98. The molecule has 5 nitrogen and oxygen atoms in total. The van der Waals surface area contributed by atoms with E-state index in [-0.39, 0.29) is 28.8 Å². The van der Waals surface area contributed by atoms with Crippen molar-refractivity contribution in [1.29, 1.82) is 0 Å². The zero-order valence-corrected chi connectivity index (χ0v) is 17.2. The molecule has 1 aliphatic rings. The molecule has 0 spiro atoms. The highest BCUT2D eigenvalue weighted by molar-refractivity contribution is 6.35. The molecule has 1 aromatic heterocycles. The molecule has 2 heterocycles. The molecule has 4 aromatic rings. The lowest BCUT2D eigenvalue weighted by Crippen LogP contribution is -2.07. The Morgan fingerprint density at radius 3 is 2.61 bits per heavy atom. The predicted molar refractivity (Wildman–Crippen MR) is 117 cm³/mol. The number of esters is 1. The fourth-order valence-electron chi connectivity index (χ4n) is 3.23. The van der Waals surface area contributed by atoms with Gasteiger partial charge in [0, 0.05) is 21.5 Å². The van der Waals surface area contributed by atoms with Crippen LogP contribution in [0.15, 0.2) is 76.9 Å². The van der Waals surface area contributed by atoms with Gasteiger partial charge in [0.25, 0.3) is 0 Å². The zero-order chi connectivity index (χ0) is 21.5. The molecular weight excluding hydrogens is 439 g/mol. The first-order valence-electron chi connectivity index (χ1n) is 9.22. The van der Waals surface area contributed by atoms with Gasteiger partial charge in [0.15, 0.2) is 5.76 Å². The molecule has 0 atom stereocenters. The summed E-state index contributed by atoms with van der Waals surface area (Å²) in [5, 5.41) is 1.69. The summed E-state index contributed by atoms with van der Waals surface area (Å²) in [7, 11) is 0. The number of ketones is 1. The molecular formula is C24H12Cl2O5. The second-order valence-electron chi connectivity index (χ2n) is 6.80. The van der Waals surface area contributed by atoms with Crippen molar-refractivity contribution in [1.82, 2.24) is 0 Å². The maximum Gasteiger partial charge on any atom is 0.379 e. The average Bonchev–Trinajstić information content (AvgIpc) is 3.31. The van der Waals surface area contributed by atoms with E-state index in [9.17, 15) is 9.59 Å². The van der Waals surface area contributed by atoms with E-state index in [4.69, 9.17) is 37.1 Å². The topological polar surface area (TPSA) is 65.7 Å². The standard InChI is InChI=1S/C24H12Cl2O5/c25-15-6-5-13(18(26)11-15)9-21-23(27)17-8-7-16(12-20(17)31-21)29-24(28)22-10-14-3-1-2-4-19(14)30-22/h1-12H/b21-9-. The molecule has 152 valence electrons. The van der Waals surface area contributed by atoms with Crippen molar-refractivity contribution >= 4 is 52.0 Å². The maximum atomic E-state index is 12.6. The smallest absolute Gasteiger partial charge is 0.379 e. The number of fused-ring (bicyclic) bond motifs is 2. The Bertz CT molecular complexity index is 1370. The third kappa shape index (κ3) is 3.69. The number of Topliss-reactive ketones (excluding diaryl/α,β-unsaturated/α-hetero) is 1. The second-order valence-corrected chi connectivity index (χ2v) is 7.65. The van der Waals surface area contributed by atoms with Crippen LogP contribution in [0.25, 0.3) is 17.0 Å². The second kappa shape index (κ2) is 7.61. The van der Waals surface area contributed by atoms with E-state index >= 15 is 0 Å². The normalized spacial score (nSPS) is 14.0. The highest BCUT2D eigenvalue weighted by atomic mass is 35.5. The number of halogens is 2. The van der Waals surface area contributed by atoms with Crippen LogP contribution >= 0.6 is 23.2 Å². The van der Waals surface area contributed by atoms with Crippen LogP contribution in [0.1, 0.15) is 26.5 Å². The molecule has 0 fully saturated rings. The number of carbonyl (C=O) groups excluding carboxylic acids is 2. The molecule has 0 N–H and O–H groups in total. The van der Waals surface area contributed by atoms with Gasteiger partial charge in [-0.15, -0.1) is 0 Å². The molecule has 0 bridgehead atoms. The fraction of sp³-hybridized carbons (Fsp3) is 0. The van der Waals surface area contributed by atoms with Crippen LogP contribution in [-0.2, 0) is 0 Å². The van der Waals surface area contributed by atoms with Crippen LogP contribution < -0.4 is 9.47 Å². The zero-order valence-electron chi connectivity index (χ0n) is 15.7. The third-order valence-corrected chi connectivity index (χ3v) is 5.29. The Morgan fingerprint density at radius 1 is 0.968 bits per heavy atom. The van der Waals surface area contributed by atoms with Gasteiger partial charge in [-0.3, -0.25) is 4.79 Å². The van der Waals surface area contributed by atoms with Crippen LogP contribution in [0.2, 0.25) is 10.0 Å². The Labute approximate surface area is 186 Å². The first-order chi connectivity index (χ1) is 15.0. The SMILES string of the molecule is O=C(Oc1ccc2c(c1)O/C(=C\c1ccc(Cl)cc1Cl)C2=O)c1cc2ccccc2o1. The lowest BCUT2D eigenvalue weighted by molar-refractivity contribution is 0.0703. The quantitative estimate of drug-likeness (QED) is 0.200. The number of carbonyl (C=O) groups is 2. The number of furan rings is 1. The van der Waals surface area contributed by atoms with E-state index in [2.05, 4.69) is 0 Å². The molecule has 1 aliphatic heterocycles. The minimum Gasteiger partial charge on any atom is -0.452 e. The van der Waals surface area contributed by atoms with Crippen molar-refractivity contribution in [3.63, 3.8) is 0 Å². The number of allylic oxidation sites excluding steroid dienone is 1.